The second-order valence-electron chi connectivity index (χ2n) is 4.86. The number of fused-ring (bicyclic) bond motifs is 1. The molecule has 0 spiro atoms. The highest BCUT2D eigenvalue weighted by molar-refractivity contribution is 7.14. The Hall–Kier alpha value is -2.32. The zero-order valence-electron chi connectivity index (χ0n) is 11.6. The number of hydrogen-bond acceptors (Lipinski definition) is 4. The van der Waals surface area contributed by atoms with Gasteiger partial charge in [0.2, 0.25) is 0 Å². The lowest BCUT2D eigenvalue weighted by Gasteiger charge is -2.10. The second kappa shape index (κ2) is 5.58. The molecule has 1 aromatic heterocycles. The van der Waals surface area contributed by atoms with Crippen LogP contribution in [0.5, 0.6) is 5.75 Å². The number of nitriles is 1. The van der Waals surface area contributed by atoms with Crippen LogP contribution in [0, 0.1) is 11.3 Å². The van der Waals surface area contributed by atoms with Crippen LogP contribution in [0.15, 0.2) is 24.3 Å². The zero-order valence-corrected chi connectivity index (χ0v) is 12.4. The first-order chi connectivity index (χ1) is 10.2. The molecule has 1 heterocycles. The van der Waals surface area contributed by atoms with Crippen molar-refractivity contribution in [2.75, 3.05) is 12.4 Å². The standard InChI is InChI=1S/C16H14N2O2S/c1-20-12-6-2-5-11(9-17)15(12)18-16(19)14-8-10-4-3-7-13(10)21-14/h2,5-6,8H,3-4,7H2,1H3,(H,18,19). The van der Waals surface area contributed by atoms with E-state index in [1.54, 1.807) is 29.5 Å². The average Bonchev–Trinajstić information content (AvgIpc) is 3.08. The molecule has 5 heteroatoms. The summed E-state index contributed by atoms with van der Waals surface area (Å²) in [6.07, 6.45) is 3.29. The summed E-state index contributed by atoms with van der Waals surface area (Å²) in [6, 6.07) is 9.15. The topological polar surface area (TPSA) is 62.1 Å². The molecule has 3 rings (SSSR count). The van der Waals surface area contributed by atoms with Crippen LogP contribution in [0.25, 0.3) is 0 Å². The molecule has 1 aliphatic rings. The van der Waals surface area contributed by atoms with Gasteiger partial charge in [0.05, 0.1) is 17.6 Å². The number of methoxy groups -OCH3 is 1. The maximum absolute atomic E-state index is 12.4. The Labute approximate surface area is 127 Å². The molecule has 0 radical (unpaired) electrons. The van der Waals surface area contributed by atoms with Crippen molar-refractivity contribution < 1.29 is 9.53 Å². The van der Waals surface area contributed by atoms with Crippen LogP contribution in [0.4, 0.5) is 5.69 Å². The zero-order chi connectivity index (χ0) is 14.8. The van der Waals surface area contributed by atoms with Gasteiger partial charge >= 0.3 is 0 Å². The molecule has 0 atom stereocenters. The first-order valence-electron chi connectivity index (χ1n) is 6.73. The van der Waals surface area contributed by atoms with E-state index in [1.165, 1.54) is 24.0 Å². The monoisotopic (exact) mass is 298 g/mol. The molecule has 2 aromatic rings. The fourth-order valence-electron chi connectivity index (χ4n) is 2.54. The number of benzene rings is 1. The highest BCUT2D eigenvalue weighted by atomic mass is 32.1. The molecule has 0 fully saturated rings. The average molecular weight is 298 g/mol. The predicted molar refractivity (Wildman–Crippen MR) is 82.0 cm³/mol. The van der Waals surface area contributed by atoms with Crippen molar-refractivity contribution >= 4 is 22.9 Å². The minimum atomic E-state index is -0.185. The van der Waals surface area contributed by atoms with Gasteiger partial charge in [-0.1, -0.05) is 6.07 Å². The van der Waals surface area contributed by atoms with Crippen LogP contribution >= 0.6 is 11.3 Å². The lowest BCUT2D eigenvalue weighted by molar-refractivity contribution is 0.103. The number of ether oxygens (including phenoxy) is 1. The SMILES string of the molecule is COc1cccc(C#N)c1NC(=O)c1cc2c(s1)CCC2. The first-order valence-corrected chi connectivity index (χ1v) is 7.54. The van der Waals surface area contributed by atoms with E-state index >= 15 is 0 Å². The highest BCUT2D eigenvalue weighted by Crippen LogP contribution is 2.33. The molecule has 0 aliphatic heterocycles. The third-order valence-electron chi connectivity index (χ3n) is 3.58. The van der Waals surface area contributed by atoms with Crippen molar-refractivity contribution in [3.8, 4) is 11.8 Å². The fourth-order valence-corrected chi connectivity index (χ4v) is 3.69. The number of hydrogen-bond donors (Lipinski definition) is 1. The number of anilines is 1. The molecule has 1 amide bonds. The maximum Gasteiger partial charge on any atom is 0.265 e. The Balaban J connectivity index is 1.89. The largest absolute Gasteiger partial charge is 0.495 e. The molecule has 1 aliphatic carbocycles. The van der Waals surface area contributed by atoms with Gasteiger partial charge in [-0.05, 0) is 43.0 Å². The van der Waals surface area contributed by atoms with Gasteiger partial charge in [0.1, 0.15) is 17.5 Å². The minimum absolute atomic E-state index is 0.185. The molecule has 21 heavy (non-hydrogen) atoms. The van der Waals surface area contributed by atoms with Crippen LogP contribution in [-0.4, -0.2) is 13.0 Å². The van der Waals surface area contributed by atoms with E-state index < -0.39 is 0 Å². The lowest BCUT2D eigenvalue weighted by Crippen LogP contribution is -2.12. The number of amides is 1. The van der Waals surface area contributed by atoms with Crippen LogP contribution in [0.2, 0.25) is 0 Å². The van der Waals surface area contributed by atoms with E-state index in [-0.39, 0.29) is 5.91 Å². The van der Waals surface area contributed by atoms with Crippen LogP contribution in [-0.2, 0) is 12.8 Å². The Morgan fingerprint density at radius 1 is 1.43 bits per heavy atom. The number of aryl methyl sites for hydroxylation is 2. The van der Waals surface area contributed by atoms with Crippen molar-refractivity contribution in [3.05, 3.63) is 45.1 Å². The van der Waals surface area contributed by atoms with Crippen molar-refractivity contribution in [3.63, 3.8) is 0 Å². The van der Waals surface area contributed by atoms with E-state index in [2.05, 4.69) is 11.4 Å². The van der Waals surface area contributed by atoms with E-state index in [4.69, 9.17) is 10.00 Å². The van der Waals surface area contributed by atoms with Gasteiger partial charge in [-0.15, -0.1) is 11.3 Å². The van der Waals surface area contributed by atoms with Gasteiger partial charge < -0.3 is 10.1 Å². The summed E-state index contributed by atoms with van der Waals surface area (Å²) in [7, 11) is 1.52. The Morgan fingerprint density at radius 2 is 2.29 bits per heavy atom. The number of thiophene rings is 1. The van der Waals surface area contributed by atoms with Gasteiger partial charge in [-0.25, -0.2) is 0 Å². The summed E-state index contributed by atoms with van der Waals surface area (Å²) >= 11 is 1.54. The van der Waals surface area contributed by atoms with E-state index in [0.717, 1.165) is 12.8 Å². The quantitative estimate of drug-likeness (QED) is 0.945. The number of carbonyl (C=O) groups excluding carboxylic acids is 1. The summed E-state index contributed by atoms with van der Waals surface area (Å²) in [5.41, 5.74) is 2.11. The normalized spacial score (nSPS) is 12.6. The number of para-hydroxylation sites is 1. The molecule has 0 unspecified atom stereocenters. The Morgan fingerprint density at radius 3 is 3.00 bits per heavy atom. The molecule has 0 bridgehead atoms. The third kappa shape index (κ3) is 2.50. The predicted octanol–water partition coefficient (Wildman–Crippen LogP) is 3.37. The maximum atomic E-state index is 12.4. The molecule has 0 saturated carbocycles. The molecule has 1 aromatic carbocycles. The van der Waals surface area contributed by atoms with Gasteiger partial charge in [0, 0.05) is 4.88 Å². The summed E-state index contributed by atoms with van der Waals surface area (Å²) < 4.78 is 5.22. The van der Waals surface area contributed by atoms with Crippen LogP contribution in [0.3, 0.4) is 0 Å². The van der Waals surface area contributed by atoms with Crippen LogP contribution in [0.1, 0.15) is 32.1 Å². The summed E-state index contributed by atoms with van der Waals surface area (Å²) in [4.78, 5) is 14.4. The van der Waals surface area contributed by atoms with E-state index in [9.17, 15) is 4.79 Å². The third-order valence-corrected chi connectivity index (χ3v) is 4.81. The summed E-state index contributed by atoms with van der Waals surface area (Å²) in [5, 5.41) is 12.0. The van der Waals surface area contributed by atoms with Crippen LogP contribution < -0.4 is 10.1 Å². The summed E-state index contributed by atoms with van der Waals surface area (Å²) in [6.45, 7) is 0. The molecule has 0 saturated heterocycles. The van der Waals surface area contributed by atoms with Crippen molar-refractivity contribution in [2.24, 2.45) is 0 Å². The van der Waals surface area contributed by atoms with E-state index in [1.807, 2.05) is 6.07 Å². The number of carbonyl (C=O) groups is 1. The second-order valence-corrected chi connectivity index (χ2v) is 6.00. The first kappa shape index (κ1) is 13.7. The lowest BCUT2D eigenvalue weighted by atomic mass is 10.1. The molecule has 4 nitrogen and oxygen atoms in total. The minimum Gasteiger partial charge on any atom is -0.495 e. The van der Waals surface area contributed by atoms with Gasteiger partial charge in [0.25, 0.3) is 5.91 Å². The van der Waals surface area contributed by atoms with Gasteiger partial charge in [0.15, 0.2) is 0 Å². The molecule has 1 N–H and O–H groups in total. The van der Waals surface area contributed by atoms with Crippen molar-refractivity contribution in [1.29, 1.82) is 5.26 Å². The molecule has 106 valence electrons. The fraction of sp³-hybridized carbons (Fsp3) is 0.250. The Bertz CT molecular complexity index is 722. The van der Waals surface area contributed by atoms with E-state index in [0.29, 0.717) is 21.9 Å². The molecular formula is C16H14N2O2S. The number of rotatable bonds is 3. The molecular weight excluding hydrogens is 284 g/mol. The number of nitrogens with zero attached hydrogens (tertiary/aromatic N) is 1. The number of nitrogens with one attached hydrogen (secondary N) is 1. The van der Waals surface area contributed by atoms with Gasteiger partial charge in [-0.3, -0.25) is 4.79 Å². The van der Waals surface area contributed by atoms with Crippen molar-refractivity contribution in [2.45, 2.75) is 19.3 Å². The smallest absolute Gasteiger partial charge is 0.265 e. The Kier molecular flexibility index (Phi) is 3.63. The summed E-state index contributed by atoms with van der Waals surface area (Å²) in [5.74, 6) is 0.307. The van der Waals surface area contributed by atoms with Gasteiger partial charge in [-0.2, -0.15) is 5.26 Å². The highest BCUT2D eigenvalue weighted by Gasteiger charge is 2.20. The van der Waals surface area contributed by atoms with Crippen molar-refractivity contribution in [1.82, 2.24) is 0 Å².